The van der Waals surface area contributed by atoms with Gasteiger partial charge in [0.05, 0.1) is 6.61 Å². The Morgan fingerprint density at radius 1 is 1.55 bits per heavy atom. The number of amides is 1. The minimum absolute atomic E-state index is 0.117. The van der Waals surface area contributed by atoms with Crippen molar-refractivity contribution in [1.82, 2.24) is 4.90 Å². The summed E-state index contributed by atoms with van der Waals surface area (Å²) in [5, 5.41) is 2.00. The van der Waals surface area contributed by atoms with E-state index in [-0.39, 0.29) is 11.9 Å². The Morgan fingerprint density at radius 2 is 2.35 bits per heavy atom. The van der Waals surface area contributed by atoms with Crippen LogP contribution < -0.4 is 0 Å². The fourth-order valence-corrected chi connectivity index (χ4v) is 3.13. The lowest BCUT2D eigenvalue weighted by Crippen LogP contribution is -2.40. The number of likely N-dealkylation sites (tertiary alicyclic amines) is 1. The molecule has 1 saturated heterocycles. The minimum Gasteiger partial charge on any atom is -0.464 e. The lowest BCUT2D eigenvalue weighted by atomic mass is 10.2. The van der Waals surface area contributed by atoms with Crippen molar-refractivity contribution in [3.8, 4) is 0 Å². The van der Waals surface area contributed by atoms with Gasteiger partial charge in [-0.2, -0.15) is 0 Å². The van der Waals surface area contributed by atoms with E-state index in [9.17, 15) is 9.59 Å². The number of thiophene rings is 1. The predicted octanol–water partition coefficient (Wildman–Crippen LogP) is 2.62. The molecule has 1 fully saturated rings. The van der Waals surface area contributed by atoms with E-state index in [0.29, 0.717) is 19.6 Å². The quantitative estimate of drug-likeness (QED) is 0.633. The highest BCUT2D eigenvalue weighted by Gasteiger charge is 2.34. The molecule has 0 radical (unpaired) electrons. The lowest BCUT2D eigenvalue weighted by molar-refractivity contribution is -0.151. The number of nitrogens with zero attached hydrogens (tertiary/aromatic N) is 1. The van der Waals surface area contributed by atoms with Crippen LogP contribution in [0.4, 0.5) is 0 Å². The number of esters is 1. The molecule has 0 spiro atoms. The van der Waals surface area contributed by atoms with Gasteiger partial charge in [-0.05, 0) is 49.8 Å². The van der Waals surface area contributed by atoms with Crippen LogP contribution in [-0.2, 0) is 14.3 Å². The van der Waals surface area contributed by atoms with Crippen LogP contribution in [0.3, 0.4) is 0 Å². The maximum Gasteiger partial charge on any atom is 0.328 e. The first-order valence-corrected chi connectivity index (χ1v) is 7.71. The molecule has 0 saturated carbocycles. The molecule has 0 N–H and O–H groups in total. The molecule has 5 heteroatoms. The average molecular weight is 293 g/mol. The highest BCUT2D eigenvalue weighted by molar-refractivity contribution is 7.11. The van der Waals surface area contributed by atoms with E-state index < -0.39 is 6.04 Å². The molecular formula is C15H19NO3S. The summed E-state index contributed by atoms with van der Waals surface area (Å²) in [6.07, 6.45) is 4.91. The average Bonchev–Trinajstić information content (AvgIpc) is 3.05. The molecular weight excluding hydrogens is 274 g/mol. The number of hydrogen-bond acceptors (Lipinski definition) is 4. The molecule has 4 nitrogen and oxygen atoms in total. The second-order valence-corrected chi connectivity index (χ2v) is 5.69. The summed E-state index contributed by atoms with van der Waals surface area (Å²) >= 11 is 1.60. The first-order chi connectivity index (χ1) is 9.63. The summed E-state index contributed by atoms with van der Waals surface area (Å²) < 4.78 is 5.02. The van der Waals surface area contributed by atoms with Crippen LogP contribution in [0.2, 0.25) is 0 Å². The molecule has 1 aliphatic rings. The Balaban J connectivity index is 2.03. The van der Waals surface area contributed by atoms with Crippen LogP contribution in [0.5, 0.6) is 0 Å². The minimum atomic E-state index is -0.420. The fourth-order valence-electron chi connectivity index (χ4n) is 2.31. The van der Waals surface area contributed by atoms with Gasteiger partial charge in [0.25, 0.3) is 0 Å². The van der Waals surface area contributed by atoms with Gasteiger partial charge in [-0.25, -0.2) is 4.79 Å². The maximum atomic E-state index is 12.2. The molecule has 1 amide bonds. The van der Waals surface area contributed by atoms with Gasteiger partial charge in [-0.3, -0.25) is 4.79 Å². The molecule has 1 atom stereocenters. The second-order valence-electron chi connectivity index (χ2n) is 4.74. The van der Waals surface area contributed by atoms with Crippen LogP contribution in [0.25, 0.3) is 6.08 Å². The van der Waals surface area contributed by atoms with Gasteiger partial charge in [0.2, 0.25) is 5.91 Å². The Bertz CT molecular complexity index is 521. The van der Waals surface area contributed by atoms with Crippen molar-refractivity contribution in [2.24, 2.45) is 0 Å². The maximum absolute atomic E-state index is 12.2. The van der Waals surface area contributed by atoms with Crippen molar-refractivity contribution >= 4 is 29.3 Å². The normalized spacial score (nSPS) is 18.7. The van der Waals surface area contributed by atoms with Crippen molar-refractivity contribution in [2.75, 3.05) is 13.2 Å². The van der Waals surface area contributed by atoms with E-state index in [1.807, 2.05) is 24.4 Å². The zero-order valence-corrected chi connectivity index (χ0v) is 12.6. The van der Waals surface area contributed by atoms with E-state index in [1.54, 1.807) is 29.2 Å². The van der Waals surface area contributed by atoms with Gasteiger partial charge in [0, 0.05) is 17.5 Å². The number of ether oxygens (including phenoxy) is 1. The number of rotatable bonds is 4. The standard InChI is InChI=1S/C15H19NO3S/c1-3-19-15(18)12-5-4-9-16(12)14(17)7-6-13-11(2)8-10-20-13/h6-8,10,12H,3-5,9H2,1-2H3. The van der Waals surface area contributed by atoms with Gasteiger partial charge < -0.3 is 9.64 Å². The Hall–Kier alpha value is -1.62. The molecule has 0 aliphatic carbocycles. The molecule has 20 heavy (non-hydrogen) atoms. The summed E-state index contributed by atoms with van der Waals surface area (Å²) in [5.74, 6) is -0.410. The van der Waals surface area contributed by atoms with E-state index in [1.165, 1.54) is 0 Å². The first kappa shape index (κ1) is 14.8. The zero-order valence-electron chi connectivity index (χ0n) is 11.8. The zero-order chi connectivity index (χ0) is 14.5. The molecule has 1 aromatic rings. The first-order valence-electron chi connectivity index (χ1n) is 6.83. The summed E-state index contributed by atoms with van der Waals surface area (Å²) in [5.41, 5.74) is 1.16. The smallest absolute Gasteiger partial charge is 0.328 e. The van der Waals surface area contributed by atoms with Crippen molar-refractivity contribution in [1.29, 1.82) is 0 Å². The second kappa shape index (κ2) is 6.70. The number of carbonyl (C=O) groups is 2. The lowest BCUT2D eigenvalue weighted by Gasteiger charge is -2.21. The van der Waals surface area contributed by atoms with Gasteiger partial charge in [-0.1, -0.05) is 0 Å². The van der Waals surface area contributed by atoms with Gasteiger partial charge in [0.1, 0.15) is 6.04 Å². The van der Waals surface area contributed by atoms with Crippen molar-refractivity contribution in [2.45, 2.75) is 32.7 Å². The van der Waals surface area contributed by atoms with Crippen LogP contribution in [0.15, 0.2) is 17.5 Å². The van der Waals surface area contributed by atoms with E-state index in [0.717, 1.165) is 16.9 Å². The largest absolute Gasteiger partial charge is 0.464 e. The Kier molecular flexibility index (Phi) is 4.95. The number of hydrogen-bond donors (Lipinski definition) is 0. The van der Waals surface area contributed by atoms with Crippen molar-refractivity contribution in [3.63, 3.8) is 0 Å². The third-order valence-corrected chi connectivity index (χ3v) is 4.36. The summed E-state index contributed by atoms with van der Waals surface area (Å²) in [6, 6.07) is 1.60. The third-order valence-electron chi connectivity index (χ3n) is 3.37. The molecule has 0 bridgehead atoms. The summed E-state index contributed by atoms with van der Waals surface area (Å²) in [7, 11) is 0. The van der Waals surface area contributed by atoms with Crippen molar-refractivity contribution in [3.05, 3.63) is 28.0 Å². The van der Waals surface area contributed by atoms with Crippen LogP contribution >= 0.6 is 11.3 Å². The van der Waals surface area contributed by atoms with Crippen LogP contribution in [0, 0.1) is 6.92 Å². The Morgan fingerprint density at radius 3 is 3.00 bits per heavy atom. The topological polar surface area (TPSA) is 46.6 Å². The molecule has 1 aliphatic heterocycles. The van der Waals surface area contributed by atoms with E-state index >= 15 is 0 Å². The molecule has 108 valence electrons. The van der Waals surface area contributed by atoms with E-state index in [4.69, 9.17) is 4.74 Å². The molecule has 1 unspecified atom stereocenters. The third kappa shape index (κ3) is 3.28. The highest BCUT2D eigenvalue weighted by Crippen LogP contribution is 2.21. The molecule has 1 aromatic heterocycles. The van der Waals surface area contributed by atoms with Gasteiger partial charge in [0.15, 0.2) is 0 Å². The fraction of sp³-hybridized carbons (Fsp3) is 0.467. The monoisotopic (exact) mass is 293 g/mol. The molecule has 2 rings (SSSR count). The molecule has 2 heterocycles. The van der Waals surface area contributed by atoms with Crippen LogP contribution in [0.1, 0.15) is 30.2 Å². The van der Waals surface area contributed by atoms with Gasteiger partial charge in [-0.15, -0.1) is 11.3 Å². The predicted molar refractivity (Wildman–Crippen MR) is 79.5 cm³/mol. The number of carbonyl (C=O) groups excluding carboxylic acids is 2. The van der Waals surface area contributed by atoms with Crippen molar-refractivity contribution < 1.29 is 14.3 Å². The SMILES string of the molecule is CCOC(=O)C1CCCN1C(=O)C=Cc1sccc1C. The summed E-state index contributed by atoms with van der Waals surface area (Å²) in [6.45, 7) is 4.76. The van der Waals surface area contributed by atoms with Crippen LogP contribution in [-0.4, -0.2) is 36.0 Å². The van der Waals surface area contributed by atoms with E-state index in [2.05, 4.69) is 0 Å². The Labute approximate surface area is 123 Å². The number of aryl methyl sites for hydroxylation is 1. The molecule has 0 aromatic carbocycles. The summed E-state index contributed by atoms with van der Waals surface area (Å²) in [4.78, 5) is 26.7. The van der Waals surface area contributed by atoms with Gasteiger partial charge >= 0.3 is 5.97 Å². The highest BCUT2D eigenvalue weighted by atomic mass is 32.1.